The van der Waals surface area contributed by atoms with E-state index >= 15 is 0 Å². The molecule has 0 aliphatic carbocycles. The Morgan fingerprint density at radius 1 is 0.868 bits per heavy atom. The number of nitrogens with two attached hydrogens (primary N) is 2. The molecule has 0 saturated heterocycles. The molecule has 0 aliphatic heterocycles. The van der Waals surface area contributed by atoms with Gasteiger partial charge in [-0.25, -0.2) is 9.79 Å². The number of rotatable bonds is 11. The number of carbonyl (C=O) groups is 3. The lowest BCUT2D eigenvalue weighted by Gasteiger charge is -2.17. The van der Waals surface area contributed by atoms with E-state index < -0.39 is 30.5 Å². The molecule has 12 nitrogen and oxygen atoms in total. The normalized spacial score (nSPS) is 11.0. The van der Waals surface area contributed by atoms with E-state index in [-0.39, 0.29) is 19.0 Å². The third kappa shape index (κ3) is 9.17. The van der Waals surface area contributed by atoms with Gasteiger partial charge in [-0.15, -0.1) is 0 Å². The first-order valence-electron chi connectivity index (χ1n) is 11.6. The van der Waals surface area contributed by atoms with Crippen LogP contribution in [-0.4, -0.2) is 48.1 Å². The third-order valence-electron chi connectivity index (χ3n) is 5.00. The van der Waals surface area contributed by atoms with Crippen molar-refractivity contribution in [3.63, 3.8) is 0 Å². The van der Waals surface area contributed by atoms with Crippen molar-refractivity contribution >= 4 is 35.2 Å². The summed E-state index contributed by atoms with van der Waals surface area (Å²) in [6.07, 6.45) is 0. The fourth-order valence-electron chi connectivity index (χ4n) is 3.14. The minimum Gasteiger partial charge on any atom is -0.457 e. The summed E-state index contributed by atoms with van der Waals surface area (Å²) in [5.41, 5.74) is 12.5. The molecule has 0 spiro atoms. The molecular weight excluding hydrogens is 490 g/mol. The van der Waals surface area contributed by atoms with Crippen molar-refractivity contribution in [2.75, 3.05) is 18.5 Å². The monoisotopic (exact) mass is 519 g/mol. The van der Waals surface area contributed by atoms with E-state index in [4.69, 9.17) is 16.2 Å². The zero-order chi connectivity index (χ0) is 27.3. The molecule has 1 atom stereocenters. The van der Waals surface area contributed by atoms with Gasteiger partial charge in [-0.3, -0.25) is 9.59 Å². The Bertz CT molecular complexity index is 1250. The van der Waals surface area contributed by atoms with E-state index in [0.29, 0.717) is 22.9 Å². The largest absolute Gasteiger partial charge is 0.457 e. The molecule has 0 fully saturated rings. The maximum atomic E-state index is 12.3. The summed E-state index contributed by atoms with van der Waals surface area (Å²) in [6.45, 7) is -0.781. The third-order valence-corrected chi connectivity index (χ3v) is 5.00. The van der Waals surface area contributed by atoms with E-state index in [1.54, 1.807) is 48.5 Å². The number of amides is 4. The zero-order valence-corrected chi connectivity index (χ0v) is 20.4. The Kier molecular flexibility index (Phi) is 10.0. The second-order valence-corrected chi connectivity index (χ2v) is 7.97. The van der Waals surface area contributed by atoms with Crippen LogP contribution >= 0.6 is 0 Å². The number of para-hydroxylation sites is 1. The second kappa shape index (κ2) is 13.8. The molecule has 1 unspecified atom stereocenters. The maximum absolute atomic E-state index is 12.3. The predicted molar refractivity (Wildman–Crippen MR) is 143 cm³/mol. The highest BCUT2D eigenvalue weighted by Gasteiger charge is 2.20. The molecule has 0 radical (unpaired) electrons. The summed E-state index contributed by atoms with van der Waals surface area (Å²) in [6, 6.07) is 20.8. The average Bonchev–Trinajstić information content (AvgIpc) is 2.91. The van der Waals surface area contributed by atoms with Crippen molar-refractivity contribution in [2.45, 2.75) is 12.6 Å². The molecule has 12 heteroatoms. The molecule has 0 aromatic heterocycles. The van der Waals surface area contributed by atoms with Crippen LogP contribution in [0.15, 0.2) is 83.9 Å². The number of benzene rings is 3. The number of anilines is 1. The van der Waals surface area contributed by atoms with Gasteiger partial charge in [0.05, 0.1) is 18.8 Å². The Morgan fingerprint density at radius 2 is 1.53 bits per heavy atom. The molecule has 198 valence electrons. The van der Waals surface area contributed by atoms with Crippen LogP contribution in [0.5, 0.6) is 11.5 Å². The molecule has 3 aromatic carbocycles. The molecular formula is C26H29N7O5. The number of hydrogen-bond acceptors (Lipinski definition) is 6. The molecule has 0 heterocycles. The summed E-state index contributed by atoms with van der Waals surface area (Å²) in [7, 11) is 0. The molecule has 4 amide bonds. The summed E-state index contributed by atoms with van der Waals surface area (Å²) in [5.74, 6) is 0.0282. The van der Waals surface area contributed by atoms with Crippen LogP contribution in [0.25, 0.3) is 0 Å². The summed E-state index contributed by atoms with van der Waals surface area (Å²) in [4.78, 5) is 40.6. The van der Waals surface area contributed by atoms with E-state index in [9.17, 15) is 19.5 Å². The number of nitrogens with one attached hydrogen (secondary N) is 4. The Morgan fingerprint density at radius 3 is 2.16 bits per heavy atom. The van der Waals surface area contributed by atoms with Gasteiger partial charge < -0.3 is 42.6 Å². The lowest BCUT2D eigenvalue weighted by Crippen LogP contribution is -2.51. The van der Waals surface area contributed by atoms with E-state index in [1.165, 1.54) is 0 Å². The van der Waals surface area contributed by atoms with Gasteiger partial charge in [-0.2, -0.15) is 0 Å². The van der Waals surface area contributed by atoms with Crippen molar-refractivity contribution in [3.05, 3.63) is 84.4 Å². The Balaban J connectivity index is 1.40. The van der Waals surface area contributed by atoms with Gasteiger partial charge >= 0.3 is 6.03 Å². The van der Waals surface area contributed by atoms with Gasteiger partial charge in [0.1, 0.15) is 17.5 Å². The first-order chi connectivity index (χ1) is 18.3. The first kappa shape index (κ1) is 27.5. The summed E-state index contributed by atoms with van der Waals surface area (Å²) < 4.78 is 5.70. The summed E-state index contributed by atoms with van der Waals surface area (Å²) >= 11 is 0. The lowest BCUT2D eigenvalue weighted by atomic mass is 10.2. The standard InChI is InChI=1S/C26H29N7O5/c27-25(28)31-18-8-6-17(7-9-18)14-29-23(35)15-30-24(36)22(16-34)33-26(37)32-19-10-12-21(13-11-19)38-20-4-2-1-3-5-20/h1-13,22,34H,14-16H2,(H,29,35)(H,30,36)(H4,27,28,31)(H2,32,33,37). The molecule has 0 bridgehead atoms. The van der Waals surface area contributed by atoms with Crippen LogP contribution in [0.1, 0.15) is 5.56 Å². The van der Waals surface area contributed by atoms with Crippen molar-refractivity contribution in [1.29, 1.82) is 0 Å². The summed E-state index contributed by atoms with van der Waals surface area (Å²) in [5, 5.41) is 19.5. The molecule has 0 saturated carbocycles. The van der Waals surface area contributed by atoms with Gasteiger partial charge in [-0.05, 0) is 54.1 Å². The van der Waals surface area contributed by atoms with E-state index in [2.05, 4.69) is 26.3 Å². The number of nitrogens with zero attached hydrogens (tertiary/aromatic N) is 1. The van der Waals surface area contributed by atoms with Gasteiger partial charge in [0.25, 0.3) is 0 Å². The second-order valence-electron chi connectivity index (χ2n) is 7.97. The predicted octanol–water partition coefficient (Wildman–Crippen LogP) is 1.30. The fraction of sp³-hybridized carbons (Fsp3) is 0.154. The quantitative estimate of drug-likeness (QED) is 0.146. The Hall–Kier alpha value is -5.10. The van der Waals surface area contributed by atoms with Crippen molar-refractivity contribution in [1.82, 2.24) is 16.0 Å². The number of carbonyl (C=O) groups excluding carboxylic acids is 3. The van der Waals surface area contributed by atoms with Crippen LogP contribution in [0.4, 0.5) is 16.2 Å². The molecule has 38 heavy (non-hydrogen) atoms. The number of aliphatic hydroxyl groups is 1. The van der Waals surface area contributed by atoms with E-state index in [0.717, 1.165) is 5.56 Å². The van der Waals surface area contributed by atoms with Crippen LogP contribution < -0.4 is 37.5 Å². The molecule has 0 aliphatic rings. The van der Waals surface area contributed by atoms with Crippen LogP contribution in [0, 0.1) is 0 Å². The Labute approximate surface area is 219 Å². The van der Waals surface area contributed by atoms with Crippen LogP contribution in [0.2, 0.25) is 0 Å². The topological polar surface area (TPSA) is 193 Å². The highest BCUT2D eigenvalue weighted by atomic mass is 16.5. The zero-order valence-electron chi connectivity index (χ0n) is 20.4. The fourth-order valence-corrected chi connectivity index (χ4v) is 3.14. The van der Waals surface area contributed by atoms with Gasteiger partial charge in [-0.1, -0.05) is 30.3 Å². The smallest absolute Gasteiger partial charge is 0.319 e. The number of aliphatic imine (C=N–C) groups is 1. The maximum Gasteiger partial charge on any atom is 0.319 e. The molecule has 9 N–H and O–H groups in total. The van der Waals surface area contributed by atoms with Crippen LogP contribution in [0.3, 0.4) is 0 Å². The van der Waals surface area contributed by atoms with Gasteiger partial charge in [0, 0.05) is 12.2 Å². The highest BCUT2D eigenvalue weighted by Crippen LogP contribution is 2.22. The average molecular weight is 520 g/mol. The number of hydrogen-bond donors (Lipinski definition) is 7. The van der Waals surface area contributed by atoms with Gasteiger partial charge in [0.15, 0.2) is 5.96 Å². The highest BCUT2D eigenvalue weighted by molar-refractivity contribution is 5.94. The number of aliphatic hydroxyl groups excluding tert-OH is 1. The van der Waals surface area contributed by atoms with Crippen molar-refractivity contribution in [3.8, 4) is 11.5 Å². The molecule has 3 aromatic rings. The van der Waals surface area contributed by atoms with Gasteiger partial charge in [0.2, 0.25) is 11.8 Å². The first-order valence-corrected chi connectivity index (χ1v) is 11.6. The lowest BCUT2D eigenvalue weighted by molar-refractivity contribution is -0.127. The number of urea groups is 1. The minimum absolute atomic E-state index is 0.0572. The number of ether oxygens (including phenoxy) is 1. The van der Waals surface area contributed by atoms with Crippen LogP contribution in [-0.2, 0) is 16.1 Å². The SMILES string of the molecule is NC(N)=Nc1ccc(CNC(=O)CNC(=O)C(CO)NC(=O)Nc2ccc(Oc3ccccc3)cc2)cc1. The number of guanidine groups is 1. The van der Waals surface area contributed by atoms with Crippen molar-refractivity contribution in [2.24, 2.45) is 16.5 Å². The minimum atomic E-state index is -1.26. The molecule has 3 rings (SSSR count). The van der Waals surface area contributed by atoms with E-state index in [1.807, 2.05) is 30.3 Å². The van der Waals surface area contributed by atoms with Crippen molar-refractivity contribution < 1.29 is 24.2 Å².